The zero-order chi connectivity index (χ0) is 43.7. The second-order valence-electron chi connectivity index (χ2n) is 15.9. The number of carbonyl (C=O) groups excluding carboxylic acids is 2. The molecule has 0 heterocycles. The second-order valence-corrected chi connectivity index (χ2v) is 17.3. The molecule has 0 bridgehead atoms. The number of esters is 2. The minimum atomic E-state index is -4.65. The van der Waals surface area contributed by atoms with Gasteiger partial charge in [-0.15, -0.1) is 0 Å². The molecule has 0 fully saturated rings. The number of unbranched alkanes of at least 4 members (excludes halogenated alkanes) is 17. The van der Waals surface area contributed by atoms with E-state index in [0.29, 0.717) is 32.1 Å². The van der Waals surface area contributed by atoms with Gasteiger partial charge in [-0.1, -0.05) is 179 Å². The van der Waals surface area contributed by atoms with Crippen molar-refractivity contribution in [3.05, 3.63) is 48.6 Å². The SMILES string of the molecule is CCCCC/C=C\C=C/[C@H](O)C/C=C\C/C=C/CCCC(=O)O[C@H](COC(=O)CCCCCCCCCCCCCCCCC(C)CC)COP(=O)(O)OC[C@@H](O)CO. The molecule has 12 heteroatoms. The summed E-state index contributed by atoms with van der Waals surface area (Å²) in [5, 5.41) is 28.4. The molecule has 4 N–H and O–H groups in total. The van der Waals surface area contributed by atoms with Crippen molar-refractivity contribution in [1.82, 2.24) is 0 Å². The number of allylic oxidation sites excluding steroid dienone is 6. The first-order chi connectivity index (χ1) is 28.5. The van der Waals surface area contributed by atoms with Crippen LogP contribution in [-0.4, -0.2) is 76.9 Å². The van der Waals surface area contributed by atoms with Gasteiger partial charge in [0.05, 0.1) is 25.9 Å². The third-order valence-corrected chi connectivity index (χ3v) is 11.1. The molecular weight excluding hydrogens is 771 g/mol. The van der Waals surface area contributed by atoms with Crippen LogP contribution in [0.15, 0.2) is 48.6 Å². The monoisotopic (exact) mass is 857 g/mol. The average molecular weight is 857 g/mol. The van der Waals surface area contributed by atoms with Gasteiger partial charge in [0.1, 0.15) is 12.7 Å². The van der Waals surface area contributed by atoms with Crippen LogP contribution in [0.5, 0.6) is 0 Å². The van der Waals surface area contributed by atoms with E-state index in [1.54, 1.807) is 6.08 Å². The molecule has 0 rings (SSSR count). The Morgan fingerprint density at radius 1 is 0.644 bits per heavy atom. The van der Waals surface area contributed by atoms with E-state index in [1.165, 1.54) is 96.3 Å². The predicted octanol–water partition coefficient (Wildman–Crippen LogP) is 11.3. The molecule has 0 saturated heterocycles. The molecule has 0 amide bonds. The molecule has 0 spiro atoms. The first kappa shape index (κ1) is 56.9. The summed E-state index contributed by atoms with van der Waals surface area (Å²) in [4.78, 5) is 35.0. The zero-order valence-electron chi connectivity index (χ0n) is 37.2. The van der Waals surface area contributed by atoms with E-state index in [2.05, 4.69) is 31.4 Å². The summed E-state index contributed by atoms with van der Waals surface area (Å²) in [6.45, 7) is 4.57. The predicted molar refractivity (Wildman–Crippen MR) is 239 cm³/mol. The van der Waals surface area contributed by atoms with E-state index in [1.807, 2.05) is 36.5 Å². The summed E-state index contributed by atoms with van der Waals surface area (Å²) in [6, 6.07) is 0. The molecule has 11 nitrogen and oxygen atoms in total. The minimum absolute atomic E-state index is 0.0743. The summed E-state index contributed by atoms with van der Waals surface area (Å²) in [5.74, 6) is -0.160. The van der Waals surface area contributed by atoms with Gasteiger partial charge in [-0.05, 0) is 50.9 Å². The van der Waals surface area contributed by atoms with Gasteiger partial charge < -0.3 is 29.7 Å². The van der Waals surface area contributed by atoms with Crippen LogP contribution >= 0.6 is 7.82 Å². The molecule has 0 aromatic rings. The van der Waals surface area contributed by atoms with Gasteiger partial charge in [-0.3, -0.25) is 18.6 Å². The molecule has 0 aliphatic heterocycles. The number of ether oxygens (including phenoxy) is 2. The number of phosphoric ester groups is 1. The Labute approximate surface area is 358 Å². The van der Waals surface area contributed by atoms with E-state index >= 15 is 0 Å². The molecule has 5 atom stereocenters. The summed E-state index contributed by atoms with van der Waals surface area (Å²) in [7, 11) is -4.65. The van der Waals surface area contributed by atoms with Crippen molar-refractivity contribution in [3.63, 3.8) is 0 Å². The summed E-state index contributed by atoms with van der Waals surface area (Å²) in [6.07, 6.45) is 39.6. The average Bonchev–Trinajstić information content (AvgIpc) is 3.22. The Kier molecular flexibility index (Phi) is 39.8. The molecule has 0 aliphatic rings. The molecule has 0 aromatic carbocycles. The van der Waals surface area contributed by atoms with E-state index in [0.717, 1.165) is 31.6 Å². The van der Waals surface area contributed by atoms with Gasteiger partial charge >= 0.3 is 19.8 Å². The minimum Gasteiger partial charge on any atom is -0.462 e. The highest BCUT2D eigenvalue weighted by molar-refractivity contribution is 7.47. The van der Waals surface area contributed by atoms with Crippen LogP contribution in [0.1, 0.15) is 188 Å². The fraction of sp³-hybridized carbons (Fsp3) is 0.787. The maximum absolute atomic E-state index is 12.6. The lowest BCUT2D eigenvalue weighted by Gasteiger charge is -2.20. The van der Waals surface area contributed by atoms with E-state index in [9.17, 15) is 29.3 Å². The van der Waals surface area contributed by atoms with Crippen LogP contribution in [0, 0.1) is 5.92 Å². The van der Waals surface area contributed by atoms with Crippen molar-refractivity contribution < 1.29 is 52.9 Å². The van der Waals surface area contributed by atoms with Crippen molar-refractivity contribution >= 4 is 19.8 Å². The van der Waals surface area contributed by atoms with E-state index in [4.69, 9.17) is 19.1 Å². The Bertz CT molecular complexity index is 1150. The molecule has 2 unspecified atom stereocenters. The fourth-order valence-electron chi connectivity index (χ4n) is 6.10. The Balaban J connectivity index is 4.40. The van der Waals surface area contributed by atoms with Crippen LogP contribution in [0.4, 0.5) is 0 Å². The van der Waals surface area contributed by atoms with Crippen LogP contribution in [0.2, 0.25) is 0 Å². The molecule has 0 radical (unpaired) electrons. The topological polar surface area (TPSA) is 169 Å². The highest BCUT2D eigenvalue weighted by atomic mass is 31.2. The Morgan fingerprint density at radius 3 is 1.85 bits per heavy atom. The lowest BCUT2D eigenvalue weighted by molar-refractivity contribution is -0.161. The number of hydrogen-bond donors (Lipinski definition) is 4. The number of aliphatic hydroxyl groups excluding tert-OH is 3. The fourth-order valence-corrected chi connectivity index (χ4v) is 6.89. The highest BCUT2D eigenvalue weighted by Gasteiger charge is 2.27. The maximum atomic E-state index is 12.6. The quantitative estimate of drug-likeness (QED) is 0.0151. The summed E-state index contributed by atoms with van der Waals surface area (Å²) >= 11 is 0. The maximum Gasteiger partial charge on any atom is 0.472 e. The third-order valence-electron chi connectivity index (χ3n) is 10.1. The van der Waals surface area contributed by atoms with Gasteiger partial charge in [0, 0.05) is 12.8 Å². The van der Waals surface area contributed by atoms with Crippen LogP contribution < -0.4 is 0 Å². The lowest BCUT2D eigenvalue weighted by atomic mass is 9.99. The molecular formula is C47H85O11P. The lowest BCUT2D eigenvalue weighted by Crippen LogP contribution is -2.29. The molecule has 0 saturated carbocycles. The third kappa shape index (κ3) is 41.0. The largest absolute Gasteiger partial charge is 0.472 e. The summed E-state index contributed by atoms with van der Waals surface area (Å²) in [5.41, 5.74) is 0. The zero-order valence-corrected chi connectivity index (χ0v) is 38.1. The van der Waals surface area contributed by atoms with Crippen molar-refractivity contribution in [3.8, 4) is 0 Å². The van der Waals surface area contributed by atoms with E-state index in [-0.39, 0.29) is 19.4 Å². The highest BCUT2D eigenvalue weighted by Crippen LogP contribution is 2.43. The molecule has 0 aliphatic carbocycles. The number of rotatable bonds is 42. The van der Waals surface area contributed by atoms with Crippen LogP contribution in [-0.2, 0) is 32.7 Å². The van der Waals surface area contributed by atoms with Crippen LogP contribution in [0.3, 0.4) is 0 Å². The van der Waals surface area contributed by atoms with Crippen molar-refractivity contribution in [1.29, 1.82) is 0 Å². The number of hydrogen-bond acceptors (Lipinski definition) is 10. The molecule has 0 aromatic heterocycles. The van der Waals surface area contributed by atoms with Gasteiger partial charge in [0.15, 0.2) is 6.10 Å². The van der Waals surface area contributed by atoms with Crippen molar-refractivity contribution in [2.75, 3.05) is 26.4 Å². The first-order valence-corrected chi connectivity index (χ1v) is 24.6. The van der Waals surface area contributed by atoms with Gasteiger partial charge in [0.25, 0.3) is 0 Å². The number of carbonyl (C=O) groups is 2. The van der Waals surface area contributed by atoms with Gasteiger partial charge in [-0.25, -0.2) is 4.57 Å². The van der Waals surface area contributed by atoms with E-state index < -0.39 is 57.9 Å². The summed E-state index contributed by atoms with van der Waals surface area (Å²) < 4.78 is 32.7. The smallest absolute Gasteiger partial charge is 0.462 e. The Hall–Kier alpha value is -2.11. The molecule has 59 heavy (non-hydrogen) atoms. The number of aliphatic hydroxyl groups is 3. The standard InChI is InChI=1S/C47H85O11P/c1-4-6-7-8-18-24-29-34-43(49)35-30-25-20-17-22-27-32-37-47(52)58-45(41-57-59(53,54)56-39-44(50)38-48)40-55-46(51)36-31-26-21-16-14-12-10-9-11-13-15-19-23-28-33-42(3)5-2/h17-18,22,24-25,29-30,34,42-45,48-50H,4-16,19-21,23,26-28,31-33,35-41H2,1-3H3,(H,53,54)/b22-17+,24-18-,30-25-,34-29-/t42?,43-,44-,45+/m0/s1. The number of phosphoric acid groups is 1. The van der Waals surface area contributed by atoms with Crippen molar-refractivity contribution in [2.45, 2.75) is 206 Å². The van der Waals surface area contributed by atoms with Crippen LogP contribution in [0.25, 0.3) is 0 Å². The van der Waals surface area contributed by atoms with Crippen molar-refractivity contribution in [2.24, 2.45) is 5.92 Å². The van der Waals surface area contributed by atoms with Gasteiger partial charge in [-0.2, -0.15) is 0 Å². The normalized spacial score (nSPS) is 15.3. The first-order valence-electron chi connectivity index (χ1n) is 23.1. The molecule has 344 valence electrons. The second kappa shape index (κ2) is 41.3. The van der Waals surface area contributed by atoms with Gasteiger partial charge in [0.2, 0.25) is 0 Å². The Morgan fingerprint density at radius 2 is 1.22 bits per heavy atom.